The van der Waals surface area contributed by atoms with E-state index in [0.29, 0.717) is 12.2 Å². The van der Waals surface area contributed by atoms with Gasteiger partial charge >= 0.3 is 6.18 Å². The number of aryl methyl sites for hydroxylation is 1. The Labute approximate surface area is 109 Å². The number of hydrogen-bond donors (Lipinski definition) is 1. The largest absolute Gasteiger partial charge is 0.416 e. The molecule has 6 heteroatoms. The van der Waals surface area contributed by atoms with E-state index in [4.69, 9.17) is 0 Å². The van der Waals surface area contributed by atoms with Gasteiger partial charge in [0.05, 0.1) is 11.9 Å². The van der Waals surface area contributed by atoms with Gasteiger partial charge in [-0.2, -0.15) is 13.2 Å². The zero-order valence-corrected chi connectivity index (χ0v) is 10.2. The van der Waals surface area contributed by atoms with Crippen LogP contribution in [0.25, 0.3) is 0 Å². The molecule has 2 rings (SSSR count). The molecular formula is C13H14F3N3. The number of imidazole rings is 1. The van der Waals surface area contributed by atoms with Crippen molar-refractivity contribution in [3.05, 3.63) is 48.5 Å². The highest BCUT2D eigenvalue weighted by Crippen LogP contribution is 2.30. The molecule has 102 valence electrons. The van der Waals surface area contributed by atoms with Crippen molar-refractivity contribution in [3.63, 3.8) is 0 Å². The summed E-state index contributed by atoms with van der Waals surface area (Å²) in [5.41, 5.74) is -0.146. The predicted molar refractivity (Wildman–Crippen MR) is 66.8 cm³/mol. The van der Waals surface area contributed by atoms with Crippen molar-refractivity contribution < 1.29 is 13.2 Å². The summed E-state index contributed by atoms with van der Waals surface area (Å²) in [6, 6.07) is 5.22. The van der Waals surface area contributed by atoms with E-state index in [1.165, 1.54) is 6.07 Å². The van der Waals surface area contributed by atoms with Crippen molar-refractivity contribution >= 4 is 5.69 Å². The van der Waals surface area contributed by atoms with E-state index in [0.717, 1.165) is 25.1 Å². The third-order valence-corrected chi connectivity index (χ3v) is 2.67. The minimum Gasteiger partial charge on any atom is -0.385 e. The fourth-order valence-corrected chi connectivity index (χ4v) is 1.72. The highest BCUT2D eigenvalue weighted by molar-refractivity contribution is 5.46. The van der Waals surface area contributed by atoms with Crippen molar-refractivity contribution in [2.75, 3.05) is 11.9 Å². The van der Waals surface area contributed by atoms with E-state index in [-0.39, 0.29) is 0 Å². The molecule has 1 heterocycles. The molecule has 0 atom stereocenters. The van der Waals surface area contributed by atoms with Crippen molar-refractivity contribution in [2.24, 2.45) is 0 Å². The molecule has 0 bridgehead atoms. The Kier molecular flexibility index (Phi) is 4.09. The standard InChI is InChI=1S/C13H14F3N3/c14-13(15,16)11-3-1-4-12(9-11)18-5-2-7-19-8-6-17-10-19/h1,3-4,6,8-10,18H,2,5,7H2. The number of nitrogens with one attached hydrogen (secondary N) is 1. The van der Waals surface area contributed by atoms with Crippen LogP contribution >= 0.6 is 0 Å². The summed E-state index contributed by atoms with van der Waals surface area (Å²) in [7, 11) is 0. The Morgan fingerprint density at radius 1 is 1.26 bits per heavy atom. The molecule has 19 heavy (non-hydrogen) atoms. The molecule has 0 aliphatic heterocycles. The summed E-state index contributed by atoms with van der Waals surface area (Å²) in [5, 5.41) is 2.99. The van der Waals surface area contributed by atoms with Gasteiger partial charge in [-0.15, -0.1) is 0 Å². The SMILES string of the molecule is FC(F)(F)c1cccc(NCCCn2ccnc2)c1. The normalized spacial score (nSPS) is 11.5. The number of anilines is 1. The second-order valence-electron chi connectivity index (χ2n) is 4.16. The molecule has 0 aliphatic carbocycles. The summed E-state index contributed by atoms with van der Waals surface area (Å²) in [5.74, 6) is 0. The number of nitrogens with zero attached hydrogens (tertiary/aromatic N) is 2. The van der Waals surface area contributed by atoms with Crippen LogP contribution in [0, 0.1) is 0 Å². The van der Waals surface area contributed by atoms with Crippen LogP contribution in [0.4, 0.5) is 18.9 Å². The van der Waals surface area contributed by atoms with Gasteiger partial charge in [-0.25, -0.2) is 4.98 Å². The van der Waals surface area contributed by atoms with Crippen LogP contribution in [0.15, 0.2) is 43.0 Å². The maximum Gasteiger partial charge on any atom is 0.416 e. The third-order valence-electron chi connectivity index (χ3n) is 2.67. The first-order valence-electron chi connectivity index (χ1n) is 5.92. The number of rotatable bonds is 5. The molecule has 1 aromatic heterocycles. The second-order valence-corrected chi connectivity index (χ2v) is 4.16. The van der Waals surface area contributed by atoms with Crippen LogP contribution in [-0.2, 0) is 12.7 Å². The lowest BCUT2D eigenvalue weighted by Gasteiger charge is -2.10. The molecule has 3 nitrogen and oxygen atoms in total. The molecular weight excluding hydrogens is 255 g/mol. The van der Waals surface area contributed by atoms with Crippen molar-refractivity contribution in [1.29, 1.82) is 0 Å². The molecule has 0 saturated carbocycles. The van der Waals surface area contributed by atoms with Crippen LogP contribution in [0.2, 0.25) is 0 Å². The summed E-state index contributed by atoms with van der Waals surface area (Å²) in [6.45, 7) is 1.39. The topological polar surface area (TPSA) is 29.9 Å². The molecule has 0 unspecified atom stereocenters. The van der Waals surface area contributed by atoms with Gasteiger partial charge in [0.1, 0.15) is 0 Å². The Balaban J connectivity index is 1.83. The number of halogens is 3. The van der Waals surface area contributed by atoms with Gasteiger partial charge in [-0.05, 0) is 24.6 Å². The van der Waals surface area contributed by atoms with Gasteiger partial charge in [-0.3, -0.25) is 0 Å². The monoisotopic (exact) mass is 269 g/mol. The van der Waals surface area contributed by atoms with Gasteiger partial charge in [0, 0.05) is 31.2 Å². The van der Waals surface area contributed by atoms with E-state index in [2.05, 4.69) is 10.3 Å². The summed E-state index contributed by atoms with van der Waals surface area (Å²) in [4.78, 5) is 3.92. The molecule has 0 saturated heterocycles. The van der Waals surface area contributed by atoms with Crippen LogP contribution in [0.3, 0.4) is 0 Å². The zero-order chi connectivity index (χ0) is 13.7. The number of benzene rings is 1. The van der Waals surface area contributed by atoms with E-state index in [1.54, 1.807) is 18.6 Å². The van der Waals surface area contributed by atoms with Crippen molar-refractivity contribution in [2.45, 2.75) is 19.1 Å². The highest BCUT2D eigenvalue weighted by Gasteiger charge is 2.30. The summed E-state index contributed by atoms with van der Waals surface area (Å²) >= 11 is 0. The number of alkyl halides is 3. The van der Waals surface area contributed by atoms with Crippen molar-refractivity contribution in [3.8, 4) is 0 Å². The van der Waals surface area contributed by atoms with Crippen LogP contribution in [0.5, 0.6) is 0 Å². The van der Waals surface area contributed by atoms with Gasteiger partial charge in [-0.1, -0.05) is 6.07 Å². The van der Waals surface area contributed by atoms with Crippen molar-refractivity contribution in [1.82, 2.24) is 9.55 Å². The van der Waals surface area contributed by atoms with E-state index < -0.39 is 11.7 Å². The maximum atomic E-state index is 12.5. The van der Waals surface area contributed by atoms with E-state index in [9.17, 15) is 13.2 Å². The van der Waals surface area contributed by atoms with Crippen LogP contribution in [0.1, 0.15) is 12.0 Å². The number of aromatic nitrogens is 2. The summed E-state index contributed by atoms with van der Waals surface area (Å²) in [6.07, 6.45) is 1.77. The smallest absolute Gasteiger partial charge is 0.385 e. The molecule has 0 fully saturated rings. The minimum atomic E-state index is -4.30. The average Bonchev–Trinajstić information content (AvgIpc) is 2.87. The zero-order valence-electron chi connectivity index (χ0n) is 10.2. The third kappa shape index (κ3) is 4.01. The quantitative estimate of drug-likeness (QED) is 0.843. The Morgan fingerprint density at radius 3 is 2.79 bits per heavy atom. The first kappa shape index (κ1) is 13.5. The average molecular weight is 269 g/mol. The molecule has 0 spiro atoms. The highest BCUT2D eigenvalue weighted by atomic mass is 19.4. The first-order chi connectivity index (χ1) is 9.05. The minimum absolute atomic E-state index is 0.487. The first-order valence-corrected chi connectivity index (χ1v) is 5.92. The molecule has 1 N–H and O–H groups in total. The lowest BCUT2D eigenvalue weighted by molar-refractivity contribution is -0.137. The lowest BCUT2D eigenvalue weighted by atomic mass is 10.2. The lowest BCUT2D eigenvalue weighted by Crippen LogP contribution is -2.08. The summed E-state index contributed by atoms with van der Waals surface area (Å²) < 4.78 is 39.4. The van der Waals surface area contributed by atoms with E-state index >= 15 is 0 Å². The second kappa shape index (κ2) is 5.77. The van der Waals surface area contributed by atoms with E-state index in [1.807, 2.05) is 10.8 Å². The fourth-order valence-electron chi connectivity index (χ4n) is 1.72. The van der Waals surface area contributed by atoms with Gasteiger partial charge in [0.2, 0.25) is 0 Å². The number of hydrogen-bond acceptors (Lipinski definition) is 2. The Bertz CT molecular complexity index is 506. The fraction of sp³-hybridized carbons (Fsp3) is 0.308. The molecule has 1 aromatic carbocycles. The Hall–Kier alpha value is -1.98. The van der Waals surface area contributed by atoms with Gasteiger partial charge in [0.15, 0.2) is 0 Å². The van der Waals surface area contributed by atoms with Crippen LogP contribution in [-0.4, -0.2) is 16.1 Å². The van der Waals surface area contributed by atoms with Gasteiger partial charge in [0.25, 0.3) is 0 Å². The molecule has 0 radical (unpaired) electrons. The van der Waals surface area contributed by atoms with Gasteiger partial charge < -0.3 is 9.88 Å². The Morgan fingerprint density at radius 2 is 2.11 bits per heavy atom. The predicted octanol–water partition coefficient (Wildman–Crippen LogP) is 3.40. The molecule has 0 amide bonds. The molecule has 0 aliphatic rings. The molecule has 2 aromatic rings. The van der Waals surface area contributed by atoms with Crippen LogP contribution < -0.4 is 5.32 Å². The maximum absolute atomic E-state index is 12.5.